The first-order valence-corrected chi connectivity index (χ1v) is 10.9. The van der Waals surface area contributed by atoms with E-state index < -0.39 is 0 Å². The molecule has 0 aliphatic carbocycles. The lowest BCUT2D eigenvalue weighted by Gasteiger charge is -2.12. The molecule has 0 unspecified atom stereocenters. The van der Waals surface area contributed by atoms with Crippen molar-refractivity contribution in [3.63, 3.8) is 0 Å². The van der Waals surface area contributed by atoms with E-state index >= 15 is 0 Å². The second kappa shape index (κ2) is 17.6. The van der Waals surface area contributed by atoms with Crippen molar-refractivity contribution in [1.29, 1.82) is 0 Å². The maximum Gasteiger partial charge on any atom is 0.122 e. The molecule has 0 N–H and O–H groups in total. The predicted octanol–water partition coefficient (Wildman–Crippen LogP) is 8.79. The van der Waals surface area contributed by atoms with Gasteiger partial charge in [0.25, 0.3) is 0 Å². The molecule has 0 heterocycles. The van der Waals surface area contributed by atoms with Gasteiger partial charge in [-0.25, -0.2) is 0 Å². The number of ether oxygens (including phenoxy) is 1. The first kappa shape index (κ1) is 27.5. The molecule has 0 spiro atoms. The Morgan fingerprint density at radius 2 is 1.22 bits per heavy atom. The maximum atomic E-state index is 5.81. The van der Waals surface area contributed by atoms with Crippen molar-refractivity contribution in [2.75, 3.05) is 6.61 Å². The average molecular weight is 373 g/mol. The Kier molecular flexibility index (Phi) is 17.9. The number of hydrogen-bond acceptors (Lipinski definition) is 1. The van der Waals surface area contributed by atoms with Crippen LogP contribution in [0, 0.1) is 13.8 Å². The first-order valence-electron chi connectivity index (χ1n) is 10.9. The van der Waals surface area contributed by atoms with Gasteiger partial charge in [0.1, 0.15) is 5.75 Å². The van der Waals surface area contributed by atoms with Crippen LogP contribution in [-0.4, -0.2) is 6.61 Å². The molecule has 0 aliphatic rings. The Labute approximate surface area is 170 Å². The van der Waals surface area contributed by atoms with Crippen LogP contribution >= 0.6 is 0 Å². The van der Waals surface area contributed by atoms with Gasteiger partial charge in [-0.1, -0.05) is 86.1 Å². The molecule has 0 fully saturated rings. The molecule has 0 aliphatic heterocycles. The van der Waals surface area contributed by atoms with Gasteiger partial charge < -0.3 is 4.74 Å². The normalized spacial score (nSPS) is 8.96. The quantitative estimate of drug-likeness (QED) is 0.509. The minimum atomic E-state index is 0.788. The van der Waals surface area contributed by atoms with Crippen LogP contribution in [-0.2, 0) is 6.42 Å². The molecule has 1 nitrogen and oxygen atoms in total. The summed E-state index contributed by atoms with van der Waals surface area (Å²) in [6.45, 7) is 21.7. The summed E-state index contributed by atoms with van der Waals surface area (Å²) in [5.74, 6) is 1.03. The van der Waals surface area contributed by atoms with E-state index in [1.807, 2.05) is 27.7 Å². The molecule has 0 saturated heterocycles. The van der Waals surface area contributed by atoms with Crippen LogP contribution in [0.3, 0.4) is 0 Å². The lowest BCUT2D eigenvalue weighted by molar-refractivity contribution is 0.314. The Morgan fingerprint density at radius 3 is 1.70 bits per heavy atom. The molecule has 2 aromatic carbocycles. The summed E-state index contributed by atoms with van der Waals surface area (Å²) in [6.07, 6.45) is 3.29. The fraction of sp³-hybridized carbons (Fsp3) is 0.538. The predicted molar refractivity (Wildman–Crippen MR) is 125 cm³/mol. The number of hydrogen-bond donors (Lipinski definition) is 0. The molecular formula is C26H44O. The van der Waals surface area contributed by atoms with Gasteiger partial charge in [0.05, 0.1) is 6.61 Å². The molecule has 2 aromatic rings. The zero-order valence-corrected chi connectivity index (χ0v) is 19.7. The summed E-state index contributed by atoms with van der Waals surface area (Å²) in [5, 5.41) is 0. The third kappa shape index (κ3) is 10.2. The molecule has 1 heteroatoms. The summed E-state index contributed by atoms with van der Waals surface area (Å²) in [5.41, 5.74) is 6.52. The Morgan fingerprint density at radius 1 is 0.704 bits per heavy atom. The molecule has 27 heavy (non-hydrogen) atoms. The van der Waals surface area contributed by atoms with Gasteiger partial charge in [-0.2, -0.15) is 0 Å². The SMILES string of the molecule is CC.CC.CCC.CCCOc1ccc(-c2ccc(C)c(C)c2)cc1CC. The van der Waals surface area contributed by atoms with E-state index in [0.29, 0.717) is 0 Å². The molecule has 154 valence electrons. The van der Waals surface area contributed by atoms with Crippen LogP contribution in [0.4, 0.5) is 0 Å². The maximum absolute atomic E-state index is 5.81. The number of benzene rings is 2. The van der Waals surface area contributed by atoms with Gasteiger partial charge in [0.2, 0.25) is 0 Å². The first-order chi connectivity index (χ1) is 13.1. The highest BCUT2D eigenvalue weighted by atomic mass is 16.5. The van der Waals surface area contributed by atoms with Crippen molar-refractivity contribution in [2.24, 2.45) is 0 Å². The molecule has 0 amide bonds. The van der Waals surface area contributed by atoms with Gasteiger partial charge in [0.15, 0.2) is 0 Å². The van der Waals surface area contributed by atoms with Gasteiger partial charge in [0, 0.05) is 0 Å². The van der Waals surface area contributed by atoms with Crippen LogP contribution in [0.25, 0.3) is 11.1 Å². The van der Waals surface area contributed by atoms with Crippen LogP contribution in [0.1, 0.15) is 84.9 Å². The third-order valence-corrected chi connectivity index (χ3v) is 3.74. The Balaban J connectivity index is 0. The van der Waals surface area contributed by atoms with E-state index in [2.05, 4.69) is 77.9 Å². The molecule has 0 saturated carbocycles. The van der Waals surface area contributed by atoms with E-state index in [4.69, 9.17) is 4.74 Å². The van der Waals surface area contributed by atoms with Crippen molar-refractivity contribution in [3.05, 3.63) is 53.1 Å². The minimum absolute atomic E-state index is 0.788. The smallest absolute Gasteiger partial charge is 0.122 e. The summed E-state index contributed by atoms with van der Waals surface area (Å²) >= 11 is 0. The van der Waals surface area contributed by atoms with E-state index in [9.17, 15) is 0 Å². The van der Waals surface area contributed by atoms with E-state index in [1.54, 1.807) is 0 Å². The second-order valence-electron chi connectivity index (χ2n) is 6.03. The molecule has 2 rings (SSSR count). The summed E-state index contributed by atoms with van der Waals surface area (Å²) in [6, 6.07) is 13.2. The molecular weight excluding hydrogens is 328 g/mol. The zero-order valence-electron chi connectivity index (χ0n) is 19.7. The Bertz CT molecular complexity index is 599. The standard InChI is InChI=1S/C19H24O.C3H8.2C2H6/c1-5-11-20-19-10-9-18(13-16(19)6-2)17-8-7-14(3)15(4)12-17;1-3-2;2*1-2/h7-10,12-13H,5-6,11H2,1-4H3;3H2,1-2H3;2*1-2H3. The monoisotopic (exact) mass is 372 g/mol. The topological polar surface area (TPSA) is 9.23 Å². The lowest BCUT2D eigenvalue weighted by Crippen LogP contribution is -1.98. The van der Waals surface area contributed by atoms with Crippen LogP contribution in [0.15, 0.2) is 36.4 Å². The highest BCUT2D eigenvalue weighted by Gasteiger charge is 2.06. The third-order valence-electron chi connectivity index (χ3n) is 3.74. The highest BCUT2D eigenvalue weighted by molar-refractivity contribution is 5.67. The van der Waals surface area contributed by atoms with Crippen LogP contribution in [0.5, 0.6) is 5.75 Å². The van der Waals surface area contributed by atoms with Gasteiger partial charge in [-0.05, 0) is 66.6 Å². The number of rotatable bonds is 5. The molecule has 0 aromatic heterocycles. The van der Waals surface area contributed by atoms with Gasteiger partial charge in [-0.15, -0.1) is 0 Å². The van der Waals surface area contributed by atoms with Crippen molar-refractivity contribution >= 4 is 0 Å². The van der Waals surface area contributed by atoms with E-state index in [1.165, 1.54) is 34.2 Å². The molecule has 0 radical (unpaired) electrons. The van der Waals surface area contributed by atoms with Crippen molar-refractivity contribution in [1.82, 2.24) is 0 Å². The minimum Gasteiger partial charge on any atom is -0.493 e. The van der Waals surface area contributed by atoms with Crippen molar-refractivity contribution < 1.29 is 4.74 Å². The van der Waals surface area contributed by atoms with Crippen LogP contribution in [0.2, 0.25) is 0 Å². The lowest BCUT2D eigenvalue weighted by atomic mass is 9.98. The highest BCUT2D eigenvalue weighted by Crippen LogP contribution is 2.28. The molecule has 0 bridgehead atoms. The largest absolute Gasteiger partial charge is 0.493 e. The summed E-state index contributed by atoms with van der Waals surface area (Å²) in [4.78, 5) is 0. The fourth-order valence-electron chi connectivity index (χ4n) is 2.31. The van der Waals surface area contributed by atoms with E-state index in [0.717, 1.165) is 25.2 Å². The van der Waals surface area contributed by atoms with Gasteiger partial charge in [-0.3, -0.25) is 0 Å². The van der Waals surface area contributed by atoms with Crippen molar-refractivity contribution in [3.8, 4) is 16.9 Å². The van der Waals surface area contributed by atoms with Crippen LogP contribution < -0.4 is 4.74 Å². The Hall–Kier alpha value is -1.76. The van der Waals surface area contributed by atoms with Crippen molar-refractivity contribution in [2.45, 2.75) is 88.5 Å². The second-order valence-corrected chi connectivity index (χ2v) is 6.03. The zero-order chi connectivity index (χ0) is 21.2. The average Bonchev–Trinajstić information content (AvgIpc) is 2.72. The fourth-order valence-corrected chi connectivity index (χ4v) is 2.31. The van der Waals surface area contributed by atoms with E-state index in [-0.39, 0.29) is 0 Å². The summed E-state index contributed by atoms with van der Waals surface area (Å²) in [7, 11) is 0. The number of aryl methyl sites for hydroxylation is 3. The van der Waals surface area contributed by atoms with Gasteiger partial charge >= 0.3 is 0 Å². The molecule has 0 atom stereocenters. The summed E-state index contributed by atoms with van der Waals surface area (Å²) < 4.78 is 5.81.